The Morgan fingerprint density at radius 2 is 1.89 bits per heavy atom. The summed E-state index contributed by atoms with van der Waals surface area (Å²) >= 11 is 16.7. The first-order valence-electron chi connectivity index (χ1n) is 10.7. The number of hydrogen-bond donors (Lipinski definition) is 2. The zero-order valence-electron chi connectivity index (χ0n) is 18.7. The number of benzene rings is 2. The van der Waals surface area contributed by atoms with Crippen LogP contribution in [0, 0.1) is 0 Å². The molecule has 0 unspecified atom stereocenters. The minimum Gasteiger partial charge on any atom is -0.496 e. The standard InChI is InChI=1S/C24H22BrClN4O3S2/c1-33-20-7-4-15(13-17(20)25)22(31)28-24(34)27-16-5-6-19(18(26)14-16)29-8-10-30(11-9-29)23(32)21-3-2-12-35-21/h2-7,12-14H,8-11H2,1H3,(H2,27,28,31,34). The van der Waals surface area contributed by atoms with Gasteiger partial charge < -0.3 is 19.9 Å². The van der Waals surface area contributed by atoms with Crippen molar-refractivity contribution in [1.82, 2.24) is 10.2 Å². The second-order valence-corrected chi connectivity index (χ2v) is 10.3. The van der Waals surface area contributed by atoms with Gasteiger partial charge in [0, 0.05) is 37.4 Å². The van der Waals surface area contributed by atoms with Gasteiger partial charge >= 0.3 is 0 Å². The Labute approximate surface area is 226 Å². The van der Waals surface area contributed by atoms with E-state index in [4.69, 9.17) is 28.6 Å². The Hall–Kier alpha value is -2.66. The van der Waals surface area contributed by atoms with Gasteiger partial charge in [0.1, 0.15) is 5.75 Å². The topological polar surface area (TPSA) is 73.9 Å². The number of hydrogen-bond acceptors (Lipinski definition) is 6. The molecule has 0 aliphatic carbocycles. The number of thiophene rings is 1. The monoisotopic (exact) mass is 592 g/mol. The van der Waals surface area contributed by atoms with Gasteiger partial charge in [0.25, 0.3) is 11.8 Å². The van der Waals surface area contributed by atoms with Gasteiger partial charge in [0.15, 0.2) is 5.11 Å². The van der Waals surface area contributed by atoms with Crippen molar-refractivity contribution in [2.45, 2.75) is 0 Å². The summed E-state index contributed by atoms with van der Waals surface area (Å²) in [6, 6.07) is 14.3. The highest BCUT2D eigenvalue weighted by Gasteiger charge is 2.24. The molecule has 2 heterocycles. The largest absolute Gasteiger partial charge is 0.496 e. The summed E-state index contributed by atoms with van der Waals surface area (Å²) in [5.74, 6) is 0.360. The number of amides is 2. The molecule has 1 fully saturated rings. The average Bonchev–Trinajstić information content (AvgIpc) is 3.39. The molecule has 182 valence electrons. The molecule has 1 aliphatic rings. The van der Waals surface area contributed by atoms with Crippen LogP contribution in [0.1, 0.15) is 20.0 Å². The molecule has 1 aromatic heterocycles. The molecule has 0 bridgehead atoms. The van der Waals surface area contributed by atoms with Crippen LogP contribution in [-0.4, -0.2) is 55.1 Å². The van der Waals surface area contributed by atoms with Gasteiger partial charge in [0.2, 0.25) is 0 Å². The van der Waals surface area contributed by atoms with Crippen LogP contribution in [0.2, 0.25) is 5.02 Å². The van der Waals surface area contributed by atoms with E-state index in [1.807, 2.05) is 34.5 Å². The molecule has 0 radical (unpaired) electrons. The van der Waals surface area contributed by atoms with Gasteiger partial charge in [-0.15, -0.1) is 11.3 Å². The third-order valence-corrected chi connectivity index (χ3v) is 7.47. The lowest BCUT2D eigenvalue weighted by Gasteiger charge is -2.36. The number of rotatable bonds is 5. The van der Waals surface area contributed by atoms with Crippen LogP contribution < -0.4 is 20.3 Å². The zero-order chi connectivity index (χ0) is 24.9. The maximum absolute atomic E-state index is 12.6. The lowest BCUT2D eigenvalue weighted by atomic mass is 10.2. The molecular weight excluding hydrogens is 572 g/mol. The number of nitrogens with zero attached hydrogens (tertiary/aromatic N) is 2. The van der Waals surface area contributed by atoms with Crippen LogP contribution in [0.25, 0.3) is 0 Å². The number of ether oxygens (including phenoxy) is 1. The Morgan fingerprint density at radius 3 is 2.51 bits per heavy atom. The lowest BCUT2D eigenvalue weighted by molar-refractivity contribution is 0.0751. The van der Waals surface area contributed by atoms with Crippen molar-refractivity contribution < 1.29 is 14.3 Å². The van der Waals surface area contributed by atoms with Crippen LogP contribution in [0.4, 0.5) is 11.4 Å². The second kappa shape index (κ2) is 11.4. The minimum atomic E-state index is -0.344. The molecule has 2 aromatic carbocycles. The quantitative estimate of drug-likeness (QED) is 0.393. The van der Waals surface area contributed by atoms with E-state index in [9.17, 15) is 9.59 Å². The van der Waals surface area contributed by atoms with Gasteiger partial charge in [-0.3, -0.25) is 14.9 Å². The summed E-state index contributed by atoms with van der Waals surface area (Å²) in [6.07, 6.45) is 0. The summed E-state index contributed by atoms with van der Waals surface area (Å²) in [4.78, 5) is 29.9. The molecule has 35 heavy (non-hydrogen) atoms. The van der Waals surface area contributed by atoms with Gasteiger partial charge in [-0.2, -0.15) is 0 Å². The van der Waals surface area contributed by atoms with Crippen LogP contribution in [0.15, 0.2) is 58.4 Å². The van der Waals surface area contributed by atoms with E-state index in [2.05, 4.69) is 31.5 Å². The van der Waals surface area contributed by atoms with E-state index in [0.717, 1.165) is 10.6 Å². The summed E-state index contributed by atoms with van der Waals surface area (Å²) in [5.41, 5.74) is 1.98. The maximum Gasteiger partial charge on any atom is 0.264 e. The van der Waals surface area contributed by atoms with Crippen molar-refractivity contribution in [2.75, 3.05) is 43.5 Å². The third-order valence-electron chi connectivity index (χ3n) is 5.49. The van der Waals surface area contributed by atoms with Crippen molar-refractivity contribution in [2.24, 2.45) is 0 Å². The zero-order valence-corrected chi connectivity index (χ0v) is 22.7. The number of anilines is 2. The number of thiocarbonyl (C=S) groups is 1. The van der Waals surface area contributed by atoms with Crippen molar-refractivity contribution >= 4 is 79.4 Å². The minimum absolute atomic E-state index is 0.0721. The average molecular weight is 594 g/mol. The summed E-state index contributed by atoms with van der Waals surface area (Å²) < 4.78 is 5.86. The van der Waals surface area contributed by atoms with Gasteiger partial charge in [-0.25, -0.2) is 0 Å². The highest BCUT2D eigenvalue weighted by molar-refractivity contribution is 9.10. The normalized spacial score (nSPS) is 13.3. The third kappa shape index (κ3) is 6.13. The van der Waals surface area contributed by atoms with Crippen molar-refractivity contribution in [3.63, 3.8) is 0 Å². The smallest absolute Gasteiger partial charge is 0.264 e. The fourth-order valence-corrected chi connectivity index (χ4v) is 5.43. The van der Waals surface area contributed by atoms with Crippen LogP contribution in [-0.2, 0) is 0 Å². The Kier molecular flexibility index (Phi) is 8.27. The van der Waals surface area contributed by atoms with Crippen LogP contribution in [0.5, 0.6) is 5.75 Å². The maximum atomic E-state index is 12.6. The molecule has 7 nitrogen and oxygen atoms in total. The van der Waals surface area contributed by atoms with E-state index >= 15 is 0 Å². The van der Waals surface area contributed by atoms with Crippen LogP contribution in [0.3, 0.4) is 0 Å². The summed E-state index contributed by atoms with van der Waals surface area (Å²) in [5, 5.41) is 8.29. The molecule has 1 aliphatic heterocycles. The SMILES string of the molecule is COc1ccc(C(=O)NC(=S)Nc2ccc(N3CCN(C(=O)c4cccs4)CC3)c(Cl)c2)cc1Br. The molecule has 2 amide bonds. The number of methoxy groups -OCH3 is 1. The number of piperazine rings is 1. The van der Waals surface area contributed by atoms with E-state index in [0.29, 0.717) is 52.7 Å². The Bertz CT molecular complexity index is 1250. The second-order valence-electron chi connectivity index (χ2n) is 7.68. The number of halogens is 2. The molecular formula is C24H22BrClN4O3S2. The summed E-state index contributed by atoms with van der Waals surface area (Å²) in [6.45, 7) is 2.64. The number of nitrogens with one attached hydrogen (secondary N) is 2. The molecule has 3 aromatic rings. The van der Waals surface area contributed by atoms with E-state index in [1.54, 1.807) is 31.4 Å². The molecule has 11 heteroatoms. The lowest BCUT2D eigenvalue weighted by Crippen LogP contribution is -2.48. The fraction of sp³-hybridized carbons (Fsp3) is 0.208. The molecule has 1 saturated heterocycles. The van der Waals surface area contributed by atoms with Crippen molar-refractivity contribution in [3.8, 4) is 5.75 Å². The number of carbonyl (C=O) groups is 2. The first-order chi connectivity index (χ1) is 16.9. The van der Waals surface area contributed by atoms with Gasteiger partial charge in [-0.05, 0) is 76.0 Å². The first kappa shape index (κ1) is 25.4. The Morgan fingerprint density at radius 1 is 1.11 bits per heavy atom. The van der Waals surface area contributed by atoms with Crippen LogP contribution >= 0.6 is 51.1 Å². The van der Waals surface area contributed by atoms with Crippen molar-refractivity contribution in [1.29, 1.82) is 0 Å². The highest BCUT2D eigenvalue weighted by atomic mass is 79.9. The van der Waals surface area contributed by atoms with Gasteiger partial charge in [0.05, 0.1) is 27.2 Å². The summed E-state index contributed by atoms with van der Waals surface area (Å²) in [7, 11) is 1.56. The predicted octanol–water partition coefficient (Wildman–Crippen LogP) is 5.26. The highest BCUT2D eigenvalue weighted by Crippen LogP contribution is 2.30. The molecule has 2 N–H and O–H groups in total. The van der Waals surface area contributed by atoms with Crippen molar-refractivity contribution in [3.05, 3.63) is 73.8 Å². The Balaban J connectivity index is 1.32. The van der Waals surface area contributed by atoms with E-state index in [-0.39, 0.29) is 16.9 Å². The van der Waals surface area contributed by atoms with Gasteiger partial charge in [-0.1, -0.05) is 17.7 Å². The molecule has 0 atom stereocenters. The predicted molar refractivity (Wildman–Crippen MR) is 148 cm³/mol. The van der Waals surface area contributed by atoms with E-state index in [1.165, 1.54) is 11.3 Å². The fourth-order valence-electron chi connectivity index (χ4n) is 3.69. The first-order valence-corrected chi connectivity index (χ1v) is 13.1. The van der Waals surface area contributed by atoms with E-state index < -0.39 is 0 Å². The molecule has 0 spiro atoms. The number of carbonyl (C=O) groups excluding carboxylic acids is 2. The molecule has 0 saturated carbocycles. The molecule has 4 rings (SSSR count).